The van der Waals surface area contributed by atoms with Crippen LogP contribution in [0.1, 0.15) is 58.3 Å². The van der Waals surface area contributed by atoms with E-state index in [2.05, 4.69) is 75.8 Å². The number of nitrogens with zero attached hydrogens (tertiary/aromatic N) is 14. The minimum atomic E-state index is -0.763. The van der Waals surface area contributed by atoms with Gasteiger partial charge >= 0.3 is 0 Å². The molecule has 4 aromatic carbocycles. The fourth-order valence-corrected chi connectivity index (χ4v) is 9.66. The highest BCUT2D eigenvalue weighted by Crippen LogP contribution is 2.27. The highest BCUT2D eigenvalue weighted by molar-refractivity contribution is 6.69. The lowest BCUT2D eigenvalue weighted by molar-refractivity contribution is 0.107. The molecule has 0 aliphatic carbocycles. The molecule has 0 amide bonds. The lowest BCUT2D eigenvalue weighted by Crippen LogP contribution is -2.28. The third kappa shape index (κ3) is 16.2. The van der Waals surface area contributed by atoms with Crippen LogP contribution in [0.4, 0.5) is 5.82 Å². The molecule has 89 heavy (non-hydrogen) atoms. The van der Waals surface area contributed by atoms with Crippen LogP contribution in [0.25, 0.3) is 55.2 Å². The van der Waals surface area contributed by atoms with E-state index in [-0.39, 0.29) is 87.4 Å². The van der Waals surface area contributed by atoms with E-state index in [1.807, 2.05) is 67.6 Å². The number of para-hydroxylation sites is 2. The maximum Gasteiger partial charge on any atom is 0.267 e. The third-order valence-corrected chi connectivity index (χ3v) is 13.9. The minimum Gasteiger partial charge on any atom is -0.390 e. The fraction of sp³-hybridized carbons (Fsp3) is 0.0727. The zero-order chi connectivity index (χ0) is 64.5. The van der Waals surface area contributed by atoms with Gasteiger partial charge in [0.05, 0.1) is 79.9 Å². The number of aromatic amines is 2. The molecule has 12 aromatic rings. The van der Waals surface area contributed by atoms with Gasteiger partial charge in [0, 0.05) is 0 Å². The van der Waals surface area contributed by atoms with E-state index in [0.717, 1.165) is 18.4 Å². The molecular formula is C55H40Cl8N20O6. The molecule has 8 N–H and O–H groups in total. The predicted octanol–water partition coefficient (Wildman–Crippen LogP) is 9.97. The first kappa shape index (κ1) is 67.2. The Morgan fingerprint density at radius 1 is 0.551 bits per heavy atom. The lowest BCUT2D eigenvalue weighted by Gasteiger charge is -2.20. The topological polar surface area (TPSA) is 386 Å². The van der Waals surface area contributed by atoms with Crippen molar-refractivity contribution >= 4 is 160 Å². The quantitative estimate of drug-likeness (QED) is 0.0271. The van der Waals surface area contributed by atoms with E-state index in [0.29, 0.717) is 61.1 Å². The predicted molar refractivity (Wildman–Crippen MR) is 343 cm³/mol. The Hall–Kier alpha value is -9.35. The molecule has 8 aromatic heterocycles. The van der Waals surface area contributed by atoms with Crippen LogP contribution in [0.3, 0.4) is 0 Å². The zero-order valence-electron chi connectivity index (χ0n) is 45.4. The van der Waals surface area contributed by atoms with Crippen molar-refractivity contribution < 1.29 is 9.59 Å². The van der Waals surface area contributed by atoms with Crippen LogP contribution in [0.2, 0.25) is 35.8 Å². The van der Waals surface area contributed by atoms with Crippen LogP contribution in [0.5, 0.6) is 0 Å². The first-order valence-electron chi connectivity index (χ1n) is 25.0. The number of carbonyl (C=O) groups excluding carboxylic acids is 2. The molecule has 452 valence electrons. The van der Waals surface area contributed by atoms with Crippen molar-refractivity contribution in [3.8, 4) is 11.4 Å². The van der Waals surface area contributed by atoms with Crippen LogP contribution < -0.4 is 39.0 Å². The van der Waals surface area contributed by atoms with Crippen molar-refractivity contribution in [1.29, 1.82) is 5.41 Å². The first-order chi connectivity index (χ1) is 42.7. The molecule has 0 aliphatic heterocycles. The smallest absolute Gasteiger partial charge is 0.267 e. The standard InChI is InChI=1S/C22H16ClN7O2.C16H14ClN3O.C6H3ClN4O.C5HCl3N2O.C5H2Cl2N2O.CH4N2/c1-12(28-19-17-18(24-10-26-19)25-11-27-21(17)31)20-29-15-9-5-8-14(23)16(15)22(32)30(20)13-6-3-2-4-7-13;1-10(18)15-19-13-9-5-8-12(17)14(13)16(21)20(15)11-6-3-2-4-7-11;7-4-3-5(9-1-8-4)10-2-11-6(3)12;6-3-2(5(8)11)4(7)10-1-9-3;6-4-3(1-10)5(7)9-2-8-4;2-1-3/h2-12H,1H3,(H2,24,25,26,27,28,31);2-10H,18H2,1H3;1-2H,(H,8,9,10,11,12);1H;1-2H;1H,(H3,2,3). The van der Waals surface area contributed by atoms with Crippen molar-refractivity contribution in [2.24, 2.45) is 11.5 Å². The van der Waals surface area contributed by atoms with Crippen LogP contribution in [0, 0.1) is 5.41 Å². The van der Waals surface area contributed by atoms with E-state index >= 15 is 0 Å². The Kier molecular flexibility index (Phi) is 23.8. The average molecular weight is 1360 g/mol. The van der Waals surface area contributed by atoms with Crippen molar-refractivity contribution in [2.45, 2.75) is 25.9 Å². The molecule has 12 rings (SSSR count). The van der Waals surface area contributed by atoms with Gasteiger partial charge in [0.2, 0.25) is 0 Å². The first-order valence-corrected chi connectivity index (χ1v) is 28.0. The normalized spacial score (nSPS) is 11.1. The Labute approximate surface area is 539 Å². The van der Waals surface area contributed by atoms with Gasteiger partial charge in [-0.2, -0.15) is 0 Å². The Morgan fingerprint density at radius 2 is 0.966 bits per heavy atom. The highest BCUT2D eigenvalue weighted by Gasteiger charge is 2.22. The maximum absolute atomic E-state index is 13.5. The number of fused-ring (bicyclic) bond motifs is 4. The van der Waals surface area contributed by atoms with Gasteiger partial charge in [-0.3, -0.25) is 43.3 Å². The number of hydrogen-bond acceptors (Lipinski definition) is 21. The molecule has 0 saturated carbocycles. The molecule has 0 bridgehead atoms. The summed E-state index contributed by atoms with van der Waals surface area (Å²) < 4.78 is 3.04. The summed E-state index contributed by atoms with van der Waals surface area (Å²) in [5.74, 6) is 1.24. The molecule has 2 atom stereocenters. The summed E-state index contributed by atoms with van der Waals surface area (Å²) in [6, 6.07) is 28.0. The second kappa shape index (κ2) is 31.5. The summed E-state index contributed by atoms with van der Waals surface area (Å²) in [5, 5.41) is 10.4. The van der Waals surface area contributed by atoms with Crippen LogP contribution >= 0.6 is 92.8 Å². The second-order valence-corrected chi connectivity index (χ2v) is 20.3. The Bertz CT molecular complexity index is 4750. The Balaban J connectivity index is 0.000000170. The van der Waals surface area contributed by atoms with Gasteiger partial charge in [0.25, 0.3) is 27.5 Å². The molecule has 0 radical (unpaired) electrons. The average Bonchev–Trinajstić information content (AvgIpc) is 0.938. The van der Waals surface area contributed by atoms with E-state index < -0.39 is 11.3 Å². The maximum atomic E-state index is 13.5. The number of nitrogens with one attached hydrogen (secondary N) is 4. The van der Waals surface area contributed by atoms with Crippen molar-refractivity contribution in [1.82, 2.24) is 78.9 Å². The molecule has 8 heterocycles. The summed E-state index contributed by atoms with van der Waals surface area (Å²) >= 11 is 45.2. The van der Waals surface area contributed by atoms with Gasteiger partial charge < -0.3 is 26.8 Å². The fourth-order valence-electron chi connectivity index (χ4n) is 7.78. The van der Waals surface area contributed by atoms with Gasteiger partial charge in [-0.15, -0.1) is 0 Å². The largest absolute Gasteiger partial charge is 0.390 e. The van der Waals surface area contributed by atoms with E-state index in [1.165, 1.54) is 40.8 Å². The monoisotopic (exact) mass is 1360 g/mol. The van der Waals surface area contributed by atoms with Crippen molar-refractivity contribution in [3.63, 3.8) is 0 Å². The SMILES string of the molecule is CC(N)c1nc2cccc(Cl)c2c(=O)n1-c1ccccc1.CC(Nc1ncnc2nc[nH]c(=O)c12)c1nc2cccc(Cl)c2c(=O)n1-c1ccccc1.N=CN.O=C(Cl)c1c(Cl)ncnc1Cl.O=Cc1c(Cl)ncnc1Cl.O=c1[nH]cnc2ncnc(Cl)c12. The zero-order valence-corrected chi connectivity index (χ0v) is 51.4. The number of halogens is 8. The number of nitrogens with two attached hydrogens (primary N) is 2. The summed E-state index contributed by atoms with van der Waals surface area (Å²) in [7, 11) is 0. The number of benzene rings is 4. The van der Waals surface area contributed by atoms with Crippen LogP contribution in [0.15, 0.2) is 154 Å². The molecule has 26 nitrogen and oxygen atoms in total. The minimum absolute atomic E-state index is 0.0370. The number of aromatic nitrogens is 16. The van der Waals surface area contributed by atoms with Crippen molar-refractivity contribution in [3.05, 3.63) is 235 Å². The lowest BCUT2D eigenvalue weighted by atomic mass is 10.2. The number of H-pyrrole nitrogens is 2. The van der Waals surface area contributed by atoms with Crippen molar-refractivity contribution in [2.75, 3.05) is 5.32 Å². The number of aldehydes is 1. The summed E-state index contributed by atoms with van der Waals surface area (Å²) in [6.07, 6.45) is 8.75. The molecular weight excluding hydrogens is 1320 g/mol. The van der Waals surface area contributed by atoms with Gasteiger partial charge in [-0.25, -0.2) is 59.8 Å². The molecule has 2 unspecified atom stereocenters. The van der Waals surface area contributed by atoms with E-state index in [1.54, 1.807) is 43.3 Å². The van der Waals surface area contributed by atoms with E-state index in [4.69, 9.17) is 109 Å². The molecule has 0 aliphatic rings. The van der Waals surface area contributed by atoms with Crippen LogP contribution in [-0.4, -0.2) is 96.8 Å². The second-order valence-electron chi connectivity index (χ2n) is 17.3. The van der Waals surface area contributed by atoms with Gasteiger partial charge in [0.1, 0.15) is 84.9 Å². The van der Waals surface area contributed by atoms with Gasteiger partial charge in [0.15, 0.2) is 17.6 Å². The number of rotatable bonds is 8. The number of carbonyl (C=O) groups is 2. The third-order valence-electron chi connectivity index (χ3n) is 11.6. The molecule has 0 fully saturated rings. The van der Waals surface area contributed by atoms with Gasteiger partial charge in [-0.1, -0.05) is 130 Å². The summed E-state index contributed by atoms with van der Waals surface area (Å²) in [6.45, 7) is 3.63. The molecule has 34 heteroatoms. The highest BCUT2D eigenvalue weighted by atomic mass is 35.5. The number of hydrogen-bond donors (Lipinski definition) is 6. The van der Waals surface area contributed by atoms with Gasteiger partial charge in [-0.05, 0) is 74.0 Å². The van der Waals surface area contributed by atoms with Crippen LogP contribution in [-0.2, 0) is 0 Å². The molecule has 0 spiro atoms. The summed E-state index contributed by atoms with van der Waals surface area (Å²) in [4.78, 5) is 123. The molecule has 0 saturated heterocycles. The van der Waals surface area contributed by atoms with E-state index in [9.17, 15) is 28.8 Å². The Morgan fingerprint density at radius 3 is 1.40 bits per heavy atom. The summed E-state index contributed by atoms with van der Waals surface area (Å²) in [5.41, 5.74) is 12.2. The number of anilines is 1.